The molecule has 104 valence electrons. The van der Waals surface area contributed by atoms with Gasteiger partial charge in [0.05, 0.1) is 0 Å². The van der Waals surface area contributed by atoms with Crippen molar-refractivity contribution in [1.82, 2.24) is 5.32 Å². The number of aryl methyl sites for hydroxylation is 1. The smallest absolute Gasteiger partial charge is 0.262 e. The minimum Gasteiger partial charge on any atom is -0.347 e. The summed E-state index contributed by atoms with van der Waals surface area (Å²) in [5, 5.41) is 11.9. The van der Waals surface area contributed by atoms with Crippen LogP contribution >= 0.6 is 0 Å². The first-order valence-corrected chi connectivity index (χ1v) is 6.69. The highest BCUT2D eigenvalue weighted by molar-refractivity contribution is 6.01. The van der Waals surface area contributed by atoms with E-state index in [1.54, 1.807) is 6.08 Å². The standard InChI is InChI=1S/C18H16N2O/c1-14-6-5-9-16(10-14)11-17(12-19)18(21)20-13-15-7-3-2-4-8-15/h2-11H,13H2,1H3,(H,20,21)/b17-11+. The monoisotopic (exact) mass is 276 g/mol. The number of amides is 1. The molecule has 0 aliphatic heterocycles. The molecule has 21 heavy (non-hydrogen) atoms. The number of carbonyl (C=O) groups excluding carboxylic acids is 1. The Labute approximate surface area is 124 Å². The zero-order valence-corrected chi connectivity index (χ0v) is 11.8. The molecule has 3 heteroatoms. The lowest BCUT2D eigenvalue weighted by Gasteiger charge is -2.04. The fraction of sp³-hybridized carbons (Fsp3) is 0.111. The molecule has 3 nitrogen and oxygen atoms in total. The van der Waals surface area contributed by atoms with Crippen LogP contribution in [0.2, 0.25) is 0 Å². The van der Waals surface area contributed by atoms with Gasteiger partial charge in [0.25, 0.3) is 5.91 Å². The number of nitriles is 1. The van der Waals surface area contributed by atoms with Crippen LogP contribution in [-0.2, 0) is 11.3 Å². The first-order chi connectivity index (χ1) is 10.2. The highest BCUT2D eigenvalue weighted by Crippen LogP contribution is 2.09. The average molecular weight is 276 g/mol. The molecule has 0 bridgehead atoms. The van der Waals surface area contributed by atoms with Gasteiger partial charge in [-0.3, -0.25) is 4.79 Å². The predicted octanol–water partition coefficient (Wildman–Crippen LogP) is 3.22. The number of nitrogens with zero attached hydrogens (tertiary/aromatic N) is 1. The minimum atomic E-state index is -0.358. The number of hydrogen-bond acceptors (Lipinski definition) is 2. The van der Waals surface area contributed by atoms with Crippen molar-refractivity contribution in [2.24, 2.45) is 0 Å². The second-order valence-corrected chi connectivity index (χ2v) is 4.75. The third-order valence-electron chi connectivity index (χ3n) is 3.01. The lowest BCUT2D eigenvalue weighted by molar-refractivity contribution is -0.117. The maximum atomic E-state index is 12.0. The fourth-order valence-corrected chi connectivity index (χ4v) is 1.95. The van der Waals surface area contributed by atoms with Gasteiger partial charge in [-0.05, 0) is 24.1 Å². The van der Waals surface area contributed by atoms with Crippen LogP contribution < -0.4 is 5.32 Å². The van der Waals surface area contributed by atoms with E-state index in [2.05, 4.69) is 5.32 Å². The van der Waals surface area contributed by atoms with Gasteiger partial charge < -0.3 is 5.32 Å². The van der Waals surface area contributed by atoms with Crippen LogP contribution in [0.5, 0.6) is 0 Å². The molecule has 2 aromatic rings. The van der Waals surface area contributed by atoms with Gasteiger partial charge in [0.2, 0.25) is 0 Å². The van der Waals surface area contributed by atoms with Crippen LogP contribution in [0.25, 0.3) is 6.08 Å². The number of nitrogens with one attached hydrogen (secondary N) is 1. The van der Waals surface area contributed by atoms with Gasteiger partial charge >= 0.3 is 0 Å². The highest BCUT2D eigenvalue weighted by atomic mass is 16.1. The van der Waals surface area contributed by atoms with Gasteiger partial charge in [0.1, 0.15) is 11.6 Å². The first kappa shape index (κ1) is 14.5. The average Bonchev–Trinajstić information content (AvgIpc) is 2.51. The number of rotatable bonds is 4. The van der Waals surface area contributed by atoms with E-state index >= 15 is 0 Å². The summed E-state index contributed by atoms with van der Waals surface area (Å²) < 4.78 is 0. The summed E-state index contributed by atoms with van der Waals surface area (Å²) >= 11 is 0. The Hall–Kier alpha value is -2.86. The van der Waals surface area contributed by atoms with Gasteiger partial charge in [-0.15, -0.1) is 0 Å². The normalized spacial score (nSPS) is 10.8. The van der Waals surface area contributed by atoms with Crippen LogP contribution in [-0.4, -0.2) is 5.91 Å². The Bertz CT molecular complexity index is 697. The summed E-state index contributed by atoms with van der Waals surface area (Å²) in [7, 11) is 0. The number of carbonyl (C=O) groups is 1. The van der Waals surface area contributed by atoms with E-state index in [-0.39, 0.29) is 11.5 Å². The lowest BCUT2D eigenvalue weighted by atomic mass is 10.1. The van der Waals surface area contributed by atoms with Gasteiger partial charge in [0.15, 0.2) is 0 Å². The predicted molar refractivity (Wildman–Crippen MR) is 83.1 cm³/mol. The Morgan fingerprint density at radius 1 is 1.19 bits per heavy atom. The molecule has 2 aromatic carbocycles. The van der Waals surface area contributed by atoms with E-state index in [0.29, 0.717) is 6.54 Å². The lowest BCUT2D eigenvalue weighted by Crippen LogP contribution is -2.23. The zero-order valence-electron chi connectivity index (χ0n) is 11.8. The van der Waals surface area contributed by atoms with Gasteiger partial charge in [0, 0.05) is 6.54 Å². The molecule has 0 radical (unpaired) electrons. The number of benzene rings is 2. The summed E-state index contributed by atoms with van der Waals surface area (Å²) in [5.74, 6) is -0.358. The summed E-state index contributed by atoms with van der Waals surface area (Å²) in [6.07, 6.45) is 1.60. The van der Waals surface area contributed by atoms with Crippen molar-refractivity contribution in [2.75, 3.05) is 0 Å². The van der Waals surface area contributed by atoms with Crippen molar-refractivity contribution in [3.8, 4) is 6.07 Å². The molecule has 0 aromatic heterocycles. The molecule has 0 atom stereocenters. The third-order valence-corrected chi connectivity index (χ3v) is 3.01. The van der Waals surface area contributed by atoms with Gasteiger partial charge in [-0.25, -0.2) is 0 Å². The Morgan fingerprint density at radius 2 is 1.95 bits per heavy atom. The first-order valence-electron chi connectivity index (χ1n) is 6.69. The molecule has 0 saturated heterocycles. The quantitative estimate of drug-likeness (QED) is 0.688. The minimum absolute atomic E-state index is 0.108. The van der Waals surface area contributed by atoms with E-state index in [4.69, 9.17) is 5.26 Å². The summed E-state index contributed by atoms with van der Waals surface area (Å²) in [4.78, 5) is 12.0. The SMILES string of the molecule is Cc1cccc(/C=C(\C#N)C(=O)NCc2ccccc2)c1. The molecule has 0 unspecified atom stereocenters. The van der Waals surface area contributed by atoms with Crippen LogP contribution in [0.1, 0.15) is 16.7 Å². The topological polar surface area (TPSA) is 52.9 Å². The second kappa shape index (κ2) is 7.06. The fourth-order valence-electron chi connectivity index (χ4n) is 1.95. The molecule has 0 aliphatic rings. The molecule has 1 N–H and O–H groups in total. The van der Waals surface area contributed by atoms with Crippen molar-refractivity contribution >= 4 is 12.0 Å². The van der Waals surface area contributed by atoms with Crippen molar-refractivity contribution in [2.45, 2.75) is 13.5 Å². The summed E-state index contributed by atoms with van der Waals surface area (Å²) in [6, 6.07) is 19.2. The molecule has 0 heterocycles. The Kier molecular flexibility index (Phi) is 4.89. The molecule has 0 spiro atoms. The molecule has 0 fully saturated rings. The van der Waals surface area contributed by atoms with Crippen LogP contribution in [0.15, 0.2) is 60.2 Å². The molecular weight excluding hydrogens is 260 g/mol. The maximum Gasteiger partial charge on any atom is 0.262 e. The van der Waals surface area contributed by atoms with E-state index in [0.717, 1.165) is 16.7 Å². The summed E-state index contributed by atoms with van der Waals surface area (Å²) in [5.41, 5.74) is 3.04. The number of hydrogen-bond donors (Lipinski definition) is 1. The van der Waals surface area contributed by atoms with Gasteiger partial charge in [-0.1, -0.05) is 60.2 Å². The largest absolute Gasteiger partial charge is 0.347 e. The summed E-state index contributed by atoms with van der Waals surface area (Å²) in [6.45, 7) is 2.38. The van der Waals surface area contributed by atoms with Crippen molar-refractivity contribution in [3.05, 3.63) is 76.9 Å². The Morgan fingerprint density at radius 3 is 2.62 bits per heavy atom. The maximum absolute atomic E-state index is 12.0. The van der Waals surface area contributed by atoms with Gasteiger partial charge in [-0.2, -0.15) is 5.26 Å². The van der Waals surface area contributed by atoms with Crippen LogP contribution in [0, 0.1) is 18.3 Å². The van der Waals surface area contributed by atoms with Crippen LogP contribution in [0.4, 0.5) is 0 Å². The molecule has 1 amide bonds. The van der Waals surface area contributed by atoms with E-state index in [1.807, 2.05) is 67.6 Å². The van der Waals surface area contributed by atoms with E-state index < -0.39 is 0 Å². The van der Waals surface area contributed by atoms with Crippen molar-refractivity contribution < 1.29 is 4.79 Å². The van der Waals surface area contributed by atoms with Crippen molar-refractivity contribution in [1.29, 1.82) is 5.26 Å². The molecule has 0 saturated carbocycles. The van der Waals surface area contributed by atoms with E-state index in [1.165, 1.54) is 0 Å². The highest BCUT2D eigenvalue weighted by Gasteiger charge is 2.08. The van der Waals surface area contributed by atoms with Crippen LogP contribution in [0.3, 0.4) is 0 Å². The Balaban J connectivity index is 2.07. The third kappa shape index (κ3) is 4.32. The molecule has 2 rings (SSSR count). The van der Waals surface area contributed by atoms with E-state index in [9.17, 15) is 4.79 Å². The zero-order chi connectivity index (χ0) is 15.1. The second-order valence-electron chi connectivity index (χ2n) is 4.75. The van der Waals surface area contributed by atoms with Crippen molar-refractivity contribution in [3.63, 3.8) is 0 Å². The molecule has 0 aliphatic carbocycles. The molecular formula is C18H16N2O.